The Morgan fingerprint density at radius 1 is 1.44 bits per heavy atom. The van der Waals surface area contributed by atoms with Crippen molar-refractivity contribution in [1.29, 1.82) is 5.26 Å². The van der Waals surface area contributed by atoms with Crippen LogP contribution in [0.25, 0.3) is 0 Å². The fraction of sp³-hybridized carbons (Fsp3) is 0.385. The minimum atomic E-state index is -0.901. The molecule has 96 valence electrons. The lowest BCUT2D eigenvalue weighted by Gasteiger charge is -2.14. The van der Waals surface area contributed by atoms with Crippen LogP contribution in [0.1, 0.15) is 35.7 Å². The van der Waals surface area contributed by atoms with Crippen LogP contribution in [0.15, 0.2) is 12.1 Å². The van der Waals surface area contributed by atoms with Crippen LogP contribution >= 0.6 is 0 Å². The summed E-state index contributed by atoms with van der Waals surface area (Å²) < 4.78 is 26.5. The van der Waals surface area contributed by atoms with Gasteiger partial charge in [-0.1, -0.05) is 6.92 Å². The number of amides is 1. The Morgan fingerprint density at radius 3 is 2.67 bits per heavy atom. The van der Waals surface area contributed by atoms with E-state index in [2.05, 4.69) is 5.32 Å². The molecule has 1 unspecified atom stereocenters. The summed E-state index contributed by atoms with van der Waals surface area (Å²) in [6, 6.07) is 3.47. The fourth-order valence-electron chi connectivity index (χ4n) is 1.50. The smallest absolute Gasteiger partial charge is 0.254 e. The van der Waals surface area contributed by atoms with E-state index in [0.717, 1.165) is 0 Å². The number of rotatable bonds is 4. The summed E-state index contributed by atoms with van der Waals surface area (Å²) in [5, 5.41) is 11.1. The zero-order valence-corrected chi connectivity index (χ0v) is 10.3. The Morgan fingerprint density at radius 2 is 2.11 bits per heavy atom. The normalized spacial score (nSPS) is 11.7. The van der Waals surface area contributed by atoms with Gasteiger partial charge >= 0.3 is 0 Å². The van der Waals surface area contributed by atoms with Gasteiger partial charge in [-0.05, 0) is 25.0 Å². The van der Waals surface area contributed by atoms with Crippen molar-refractivity contribution in [2.75, 3.05) is 0 Å². The highest BCUT2D eigenvalue weighted by molar-refractivity contribution is 5.94. The minimum absolute atomic E-state index is 0.157. The first kappa shape index (κ1) is 14.1. The minimum Gasteiger partial charge on any atom is -0.348 e. The van der Waals surface area contributed by atoms with Crippen molar-refractivity contribution in [2.45, 2.75) is 32.7 Å². The zero-order valence-electron chi connectivity index (χ0n) is 10.3. The molecule has 0 saturated carbocycles. The molecule has 18 heavy (non-hydrogen) atoms. The van der Waals surface area contributed by atoms with E-state index in [-0.39, 0.29) is 23.6 Å². The number of benzene rings is 1. The van der Waals surface area contributed by atoms with Crippen LogP contribution in [0, 0.1) is 29.9 Å². The number of carbonyl (C=O) groups excluding carboxylic acids is 1. The molecular weight excluding hydrogens is 238 g/mol. The van der Waals surface area contributed by atoms with Gasteiger partial charge in [0.25, 0.3) is 5.91 Å². The molecule has 0 heterocycles. The predicted molar refractivity (Wildman–Crippen MR) is 62.9 cm³/mol. The molecule has 5 heteroatoms. The van der Waals surface area contributed by atoms with Crippen molar-refractivity contribution in [3.8, 4) is 6.07 Å². The molecule has 0 bridgehead atoms. The monoisotopic (exact) mass is 252 g/mol. The molecule has 0 spiro atoms. The Bertz CT molecular complexity index is 494. The molecule has 1 aromatic carbocycles. The van der Waals surface area contributed by atoms with Crippen LogP contribution in [0.2, 0.25) is 0 Å². The van der Waals surface area contributed by atoms with Gasteiger partial charge in [0.1, 0.15) is 11.6 Å². The lowest BCUT2D eigenvalue weighted by atomic mass is 10.1. The standard InChI is InChI=1S/C13H14F2N2O/c1-3-9(4-5-16)17-13(18)10-6-8(2)11(14)7-12(10)15/h6-7,9H,3-4H2,1-2H3,(H,17,18). The first-order chi connectivity index (χ1) is 8.49. The van der Waals surface area contributed by atoms with Gasteiger partial charge in [0, 0.05) is 12.1 Å². The zero-order chi connectivity index (χ0) is 13.7. The van der Waals surface area contributed by atoms with Crippen molar-refractivity contribution >= 4 is 5.91 Å². The molecule has 0 aliphatic rings. The van der Waals surface area contributed by atoms with E-state index in [4.69, 9.17) is 5.26 Å². The highest BCUT2D eigenvalue weighted by Crippen LogP contribution is 2.14. The number of hydrogen-bond acceptors (Lipinski definition) is 2. The third-order valence-electron chi connectivity index (χ3n) is 2.66. The summed E-state index contributed by atoms with van der Waals surface area (Å²) in [6.45, 7) is 3.27. The highest BCUT2D eigenvalue weighted by Gasteiger charge is 2.17. The van der Waals surface area contributed by atoms with Crippen LogP contribution in [-0.4, -0.2) is 11.9 Å². The average Bonchev–Trinajstić information content (AvgIpc) is 2.33. The fourth-order valence-corrected chi connectivity index (χ4v) is 1.50. The molecule has 0 saturated heterocycles. The molecule has 0 radical (unpaired) electrons. The number of carbonyl (C=O) groups is 1. The Hall–Kier alpha value is -1.96. The van der Waals surface area contributed by atoms with E-state index in [0.29, 0.717) is 12.5 Å². The first-order valence-corrected chi connectivity index (χ1v) is 5.63. The van der Waals surface area contributed by atoms with Crippen molar-refractivity contribution in [3.63, 3.8) is 0 Å². The van der Waals surface area contributed by atoms with Crippen molar-refractivity contribution < 1.29 is 13.6 Å². The van der Waals surface area contributed by atoms with Gasteiger partial charge < -0.3 is 5.32 Å². The molecule has 0 aliphatic carbocycles. The predicted octanol–water partition coefficient (Wildman–Crippen LogP) is 2.70. The lowest BCUT2D eigenvalue weighted by molar-refractivity contribution is 0.0932. The number of nitrogens with zero attached hydrogens (tertiary/aromatic N) is 1. The Balaban J connectivity index is 2.91. The van der Waals surface area contributed by atoms with Gasteiger partial charge in [-0.3, -0.25) is 4.79 Å². The molecular formula is C13H14F2N2O. The van der Waals surface area contributed by atoms with E-state index in [9.17, 15) is 13.6 Å². The second-order valence-corrected chi connectivity index (χ2v) is 4.02. The topological polar surface area (TPSA) is 52.9 Å². The molecule has 1 aromatic rings. The van der Waals surface area contributed by atoms with Crippen LogP contribution in [0.3, 0.4) is 0 Å². The number of hydrogen-bond donors (Lipinski definition) is 1. The second-order valence-electron chi connectivity index (χ2n) is 4.02. The van der Waals surface area contributed by atoms with Gasteiger partial charge in [0.2, 0.25) is 0 Å². The molecule has 1 N–H and O–H groups in total. The SMILES string of the molecule is CCC(CC#N)NC(=O)c1cc(C)c(F)cc1F. The lowest BCUT2D eigenvalue weighted by Crippen LogP contribution is -2.34. The molecule has 0 aliphatic heterocycles. The summed E-state index contributed by atoms with van der Waals surface area (Å²) in [5.41, 5.74) is 0.000159. The highest BCUT2D eigenvalue weighted by atomic mass is 19.1. The maximum Gasteiger partial charge on any atom is 0.254 e. The maximum absolute atomic E-state index is 13.5. The quantitative estimate of drug-likeness (QED) is 0.895. The molecule has 1 rings (SSSR count). The number of halogens is 2. The third-order valence-corrected chi connectivity index (χ3v) is 2.66. The van der Waals surface area contributed by atoms with E-state index in [1.807, 2.05) is 13.0 Å². The van der Waals surface area contributed by atoms with Gasteiger partial charge in [-0.15, -0.1) is 0 Å². The number of nitrogens with one attached hydrogen (secondary N) is 1. The summed E-state index contributed by atoms with van der Waals surface area (Å²) in [5.74, 6) is -2.21. The Labute approximate surface area is 104 Å². The van der Waals surface area contributed by atoms with Gasteiger partial charge in [0.05, 0.1) is 18.1 Å². The van der Waals surface area contributed by atoms with Crippen molar-refractivity contribution in [3.05, 3.63) is 34.9 Å². The molecule has 3 nitrogen and oxygen atoms in total. The first-order valence-electron chi connectivity index (χ1n) is 5.63. The van der Waals surface area contributed by atoms with Crippen LogP contribution in [-0.2, 0) is 0 Å². The maximum atomic E-state index is 13.5. The third kappa shape index (κ3) is 3.27. The van der Waals surface area contributed by atoms with E-state index >= 15 is 0 Å². The van der Waals surface area contributed by atoms with Crippen molar-refractivity contribution in [2.24, 2.45) is 0 Å². The summed E-state index contributed by atoms with van der Waals surface area (Å²) >= 11 is 0. The summed E-state index contributed by atoms with van der Waals surface area (Å²) in [4.78, 5) is 11.8. The van der Waals surface area contributed by atoms with Crippen molar-refractivity contribution in [1.82, 2.24) is 5.32 Å². The number of aryl methyl sites for hydroxylation is 1. The van der Waals surface area contributed by atoms with E-state index < -0.39 is 17.5 Å². The van der Waals surface area contributed by atoms with Crippen LogP contribution in [0.4, 0.5) is 8.78 Å². The van der Waals surface area contributed by atoms with Gasteiger partial charge in [-0.2, -0.15) is 5.26 Å². The van der Waals surface area contributed by atoms with Gasteiger partial charge in [-0.25, -0.2) is 8.78 Å². The van der Waals surface area contributed by atoms with E-state index in [1.54, 1.807) is 0 Å². The van der Waals surface area contributed by atoms with Gasteiger partial charge in [0.15, 0.2) is 0 Å². The molecule has 0 aromatic heterocycles. The summed E-state index contributed by atoms with van der Waals surface area (Å²) in [6.07, 6.45) is 0.727. The average molecular weight is 252 g/mol. The Kier molecular flexibility index (Phi) is 4.78. The van der Waals surface area contributed by atoms with Crippen LogP contribution in [0.5, 0.6) is 0 Å². The molecule has 0 fully saturated rings. The summed E-state index contributed by atoms with van der Waals surface area (Å²) in [7, 11) is 0. The molecule has 1 amide bonds. The van der Waals surface area contributed by atoms with E-state index in [1.165, 1.54) is 13.0 Å². The second kappa shape index (κ2) is 6.10. The largest absolute Gasteiger partial charge is 0.348 e. The molecule has 1 atom stereocenters. The number of nitriles is 1. The van der Waals surface area contributed by atoms with Crippen LogP contribution < -0.4 is 5.32 Å².